The lowest BCUT2D eigenvalue weighted by atomic mass is 9.92. The first-order valence-electron chi connectivity index (χ1n) is 9.06. The van der Waals surface area contributed by atoms with Crippen LogP contribution in [0.25, 0.3) is 0 Å². The molecule has 0 radical (unpaired) electrons. The summed E-state index contributed by atoms with van der Waals surface area (Å²) in [4.78, 5) is 39.9. The van der Waals surface area contributed by atoms with Gasteiger partial charge in [-0.05, 0) is 46.5 Å². The number of esters is 1. The molecule has 0 bridgehead atoms. The van der Waals surface area contributed by atoms with Crippen LogP contribution in [0.2, 0.25) is 0 Å². The third kappa shape index (κ3) is 5.34. The first-order chi connectivity index (χ1) is 11.7. The number of methoxy groups -OCH3 is 1. The number of piperidine rings is 2. The molecule has 7 nitrogen and oxygen atoms in total. The Bertz CT molecular complexity index is 498. The van der Waals surface area contributed by atoms with Crippen LogP contribution >= 0.6 is 0 Å². The molecule has 0 saturated carbocycles. The molecule has 2 aliphatic heterocycles. The third-order valence-corrected chi connectivity index (χ3v) is 4.84. The zero-order valence-corrected chi connectivity index (χ0v) is 15.7. The Hall–Kier alpha value is -1.79. The second-order valence-electron chi connectivity index (χ2n) is 7.86. The van der Waals surface area contributed by atoms with E-state index in [1.54, 1.807) is 4.90 Å². The van der Waals surface area contributed by atoms with Crippen molar-refractivity contribution in [2.45, 2.75) is 52.1 Å². The van der Waals surface area contributed by atoms with Gasteiger partial charge in [-0.3, -0.25) is 9.59 Å². The Labute approximate surface area is 149 Å². The number of ether oxygens (including phenoxy) is 2. The highest BCUT2D eigenvalue weighted by Crippen LogP contribution is 2.25. The molecule has 0 aromatic carbocycles. The standard InChI is InChI=1S/C18H30N2O5/c1-18(2,3)25-17(23)20-11-5-13(6-12-20)15(21)19-9-7-14(8-10-19)16(22)24-4/h13-14H,5-12H2,1-4H3. The van der Waals surface area contributed by atoms with Gasteiger partial charge in [-0.1, -0.05) is 0 Å². The summed E-state index contributed by atoms with van der Waals surface area (Å²) in [7, 11) is 1.40. The molecule has 2 saturated heterocycles. The number of likely N-dealkylation sites (tertiary alicyclic amines) is 2. The van der Waals surface area contributed by atoms with Crippen molar-refractivity contribution in [3.8, 4) is 0 Å². The first kappa shape index (κ1) is 19.5. The van der Waals surface area contributed by atoms with E-state index < -0.39 is 5.60 Å². The lowest BCUT2D eigenvalue weighted by Gasteiger charge is -2.37. The Morgan fingerprint density at radius 1 is 0.840 bits per heavy atom. The molecular formula is C18H30N2O5. The van der Waals surface area contributed by atoms with Crippen molar-refractivity contribution >= 4 is 18.0 Å². The minimum atomic E-state index is -0.506. The number of nitrogens with zero attached hydrogens (tertiary/aromatic N) is 2. The van der Waals surface area contributed by atoms with Gasteiger partial charge >= 0.3 is 12.1 Å². The summed E-state index contributed by atoms with van der Waals surface area (Å²) in [6, 6.07) is 0. The highest BCUT2D eigenvalue weighted by Gasteiger charge is 2.34. The molecular weight excluding hydrogens is 324 g/mol. The zero-order valence-electron chi connectivity index (χ0n) is 15.7. The van der Waals surface area contributed by atoms with Crippen LogP contribution in [-0.4, -0.2) is 66.7 Å². The molecule has 0 unspecified atom stereocenters. The van der Waals surface area contributed by atoms with Gasteiger partial charge in [0.1, 0.15) is 5.60 Å². The van der Waals surface area contributed by atoms with Crippen LogP contribution in [0.5, 0.6) is 0 Å². The second-order valence-corrected chi connectivity index (χ2v) is 7.86. The Morgan fingerprint density at radius 3 is 1.80 bits per heavy atom. The molecule has 0 aromatic rings. The van der Waals surface area contributed by atoms with E-state index in [0.29, 0.717) is 51.9 Å². The van der Waals surface area contributed by atoms with Gasteiger partial charge < -0.3 is 19.3 Å². The van der Waals surface area contributed by atoms with Crippen molar-refractivity contribution in [3.05, 3.63) is 0 Å². The predicted molar refractivity (Wildman–Crippen MR) is 91.9 cm³/mol. The first-order valence-corrected chi connectivity index (χ1v) is 9.06. The molecule has 7 heteroatoms. The quantitative estimate of drug-likeness (QED) is 0.709. The predicted octanol–water partition coefficient (Wildman–Crippen LogP) is 2.05. The van der Waals surface area contributed by atoms with Crippen molar-refractivity contribution in [1.82, 2.24) is 9.80 Å². The van der Waals surface area contributed by atoms with Crippen molar-refractivity contribution in [3.63, 3.8) is 0 Å². The summed E-state index contributed by atoms with van der Waals surface area (Å²) in [5.41, 5.74) is -0.506. The molecule has 2 fully saturated rings. The lowest BCUT2D eigenvalue weighted by Crippen LogP contribution is -2.48. The van der Waals surface area contributed by atoms with E-state index in [2.05, 4.69) is 0 Å². The number of carbonyl (C=O) groups excluding carboxylic acids is 3. The summed E-state index contributed by atoms with van der Waals surface area (Å²) in [6.07, 6.45) is 2.34. The van der Waals surface area contributed by atoms with E-state index >= 15 is 0 Å². The SMILES string of the molecule is COC(=O)C1CCN(C(=O)C2CCN(C(=O)OC(C)(C)C)CC2)CC1. The van der Waals surface area contributed by atoms with Gasteiger partial charge in [0, 0.05) is 32.1 Å². The van der Waals surface area contributed by atoms with Gasteiger partial charge in [0.15, 0.2) is 0 Å². The molecule has 25 heavy (non-hydrogen) atoms. The molecule has 0 aromatic heterocycles. The van der Waals surface area contributed by atoms with E-state index in [9.17, 15) is 14.4 Å². The van der Waals surface area contributed by atoms with Crippen LogP contribution in [0.3, 0.4) is 0 Å². The number of amides is 2. The summed E-state index contributed by atoms with van der Waals surface area (Å²) < 4.78 is 10.2. The molecule has 2 amide bonds. The average molecular weight is 354 g/mol. The summed E-state index contributed by atoms with van der Waals surface area (Å²) in [5.74, 6) is -0.179. The summed E-state index contributed by atoms with van der Waals surface area (Å²) in [6.45, 7) is 7.83. The molecule has 2 aliphatic rings. The van der Waals surface area contributed by atoms with Gasteiger partial charge in [0.25, 0.3) is 0 Å². The molecule has 2 heterocycles. The van der Waals surface area contributed by atoms with E-state index in [0.717, 1.165) is 0 Å². The maximum Gasteiger partial charge on any atom is 0.410 e. The summed E-state index contributed by atoms with van der Waals surface area (Å²) >= 11 is 0. The number of hydrogen-bond donors (Lipinski definition) is 0. The number of carbonyl (C=O) groups is 3. The highest BCUT2D eigenvalue weighted by atomic mass is 16.6. The smallest absolute Gasteiger partial charge is 0.410 e. The fourth-order valence-electron chi connectivity index (χ4n) is 3.40. The normalized spacial score (nSPS) is 20.3. The maximum absolute atomic E-state index is 12.7. The topological polar surface area (TPSA) is 76.2 Å². The number of rotatable bonds is 2. The van der Waals surface area contributed by atoms with Gasteiger partial charge in [-0.25, -0.2) is 4.79 Å². The largest absolute Gasteiger partial charge is 0.469 e. The van der Waals surface area contributed by atoms with E-state index in [1.165, 1.54) is 7.11 Å². The third-order valence-electron chi connectivity index (χ3n) is 4.84. The second kappa shape index (κ2) is 8.06. The minimum absolute atomic E-state index is 0.0478. The van der Waals surface area contributed by atoms with Gasteiger partial charge in [0.2, 0.25) is 5.91 Å². The van der Waals surface area contributed by atoms with E-state index in [-0.39, 0.29) is 29.8 Å². The highest BCUT2D eigenvalue weighted by molar-refractivity contribution is 5.80. The van der Waals surface area contributed by atoms with Crippen molar-refractivity contribution in [2.24, 2.45) is 11.8 Å². The Balaban J connectivity index is 1.78. The average Bonchev–Trinajstić information content (AvgIpc) is 2.59. The monoisotopic (exact) mass is 354 g/mol. The summed E-state index contributed by atoms with van der Waals surface area (Å²) in [5, 5.41) is 0. The van der Waals surface area contributed by atoms with Gasteiger partial charge in [-0.15, -0.1) is 0 Å². The number of hydrogen-bond acceptors (Lipinski definition) is 5. The Morgan fingerprint density at radius 2 is 1.32 bits per heavy atom. The van der Waals surface area contributed by atoms with Crippen LogP contribution in [0.1, 0.15) is 46.5 Å². The van der Waals surface area contributed by atoms with Crippen LogP contribution in [-0.2, 0) is 19.1 Å². The van der Waals surface area contributed by atoms with Crippen LogP contribution in [0.4, 0.5) is 4.79 Å². The maximum atomic E-state index is 12.7. The zero-order chi connectivity index (χ0) is 18.6. The van der Waals surface area contributed by atoms with Gasteiger partial charge in [-0.2, -0.15) is 0 Å². The van der Waals surface area contributed by atoms with Crippen LogP contribution < -0.4 is 0 Å². The lowest BCUT2D eigenvalue weighted by molar-refractivity contribution is -0.149. The van der Waals surface area contributed by atoms with E-state index in [4.69, 9.17) is 9.47 Å². The molecule has 142 valence electrons. The van der Waals surface area contributed by atoms with Crippen molar-refractivity contribution < 1.29 is 23.9 Å². The fourth-order valence-corrected chi connectivity index (χ4v) is 3.40. The molecule has 0 aliphatic carbocycles. The Kier molecular flexibility index (Phi) is 6.30. The molecule has 0 spiro atoms. The molecule has 0 atom stereocenters. The van der Waals surface area contributed by atoms with E-state index in [1.807, 2.05) is 25.7 Å². The van der Waals surface area contributed by atoms with Crippen LogP contribution in [0.15, 0.2) is 0 Å². The van der Waals surface area contributed by atoms with Crippen molar-refractivity contribution in [2.75, 3.05) is 33.3 Å². The fraction of sp³-hybridized carbons (Fsp3) is 0.833. The van der Waals surface area contributed by atoms with Gasteiger partial charge in [0.05, 0.1) is 13.0 Å². The molecule has 0 N–H and O–H groups in total. The van der Waals surface area contributed by atoms with Crippen LogP contribution in [0, 0.1) is 11.8 Å². The van der Waals surface area contributed by atoms with Crippen molar-refractivity contribution in [1.29, 1.82) is 0 Å². The minimum Gasteiger partial charge on any atom is -0.469 e. The molecule has 2 rings (SSSR count).